The molecule has 3 rings (SSSR count). The van der Waals surface area contributed by atoms with Crippen LogP contribution in [0.15, 0.2) is 24.3 Å². The Labute approximate surface area is 107 Å². The maximum absolute atomic E-state index is 12.2. The summed E-state index contributed by atoms with van der Waals surface area (Å²) in [7, 11) is 0. The smallest absolute Gasteiger partial charge is 0.267 e. The normalized spacial score (nSPS) is 26.9. The molecule has 1 amide bonds. The molecule has 4 heteroatoms. The second kappa shape index (κ2) is 4.61. The second-order valence-electron chi connectivity index (χ2n) is 4.97. The molecule has 1 fully saturated rings. The standard InChI is InChI=1S/C14H18N2O2/c1-10-14(17)16(9-11-5-4-8-15-11)12-6-2-3-7-13(12)18-10/h2-3,6-7,10-11,15H,4-5,8-9H2,1H3/t10?,11-/m0/s1. The number of hydrogen-bond donors (Lipinski definition) is 1. The van der Waals surface area contributed by atoms with Crippen molar-refractivity contribution in [2.75, 3.05) is 18.0 Å². The minimum atomic E-state index is -0.388. The summed E-state index contributed by atoms with van der Waals surface area (Å²) in [6.07, 6.45) is 1.95. The molecular weight excluding hydrogens is 228 g/mol. The molecule has 1 unspecified atom stereocenters. The summed E-state index contributed by atoms with van der Waals surface area (Å²) < 4.78 is 5.63. The van der Waals surface area contributed by atoms with Crippen molar-refractivity contribution in [2.24, 2.45) is 0 Å². The average molecular weight is 246 g/mol. The lowest BCUT2D eigenvalue weighted by atomic mass is 10.1. The molecule has 1 N–H and O–H groups in total. The van der Waals surface area contributed by atoms with Crippen LogP contribution in [0.25, 0.3) is 0 Å². The van der Waals surface area contributed by atoms with E-state index < -0.39 is 0 Å². The SMILES string of the molecule is CC1Oc2ccccc2N(C[C@@H]2CCCN2)C1=O. The third kappa shape index (κ3) is 1.97. The van der Waals surface area contributed by atoms with Gasteiger partial charge in [-0.25, -0.2) is 0 Å². The monoisotopic (exact) mass is 246 g/mol. The maximum Gasteiger partial charge on any atom is 0.267 e. The number of fused-ring (bicyclic) bond motifs is 1. The number of ether oxygens (including phenoxy) is 1. The van der Waals surface area contributed by atoms with Gasteiger partial charge in [0.1, 0.15) is 5.75 Å². The molecule has 0 spiro atoms. The van der Waals surface area contributed by atoms with E-state index in [1.807, 2.05) is 36.1 Å². The van der Waals surface area contributed by atoms with E-state index in [1.54, 1.807) is 0 Å². The highest BCUT2D eigenvalue weighted by Gasteiger charge is 2.33. The molecule has 2 atom stereocenters. The molecule has 2 aliphatic heterocycles. The van der Waals surface area contributed by atoms with Crippen molar-refractivity contribution in [1.29, 1.82) is 0 Å². The number of nitrogens with zero attached hydrogens (tertiary/aromatic N) is 1. The van der Waals surface area contributed by atoms with Gasteiger partial charge in [-0.3, -0.25) is 4.79 Å². The first-order valence-corrected chi connectivity index (χ1v) is 6.56. The van der Waals surface area contributed by atoms with Gasteiger partial charge in [-0.15, -0.1) is 0 Å². The number of anilines is 1. The molecule has 1 aromatic carbocycles. The molecule has 18 heavy (non-hydrogen) atoms. The van der Waals surface area contributed by atoms with E-state index in [-0.39, 0.29) is 12.0 Å². The summed E-state index contributed by atoms with van der Waals surface area (Å²) in [6, 6.07) is 8.17. The summed E-state index contributed by atoms with van der Waals surface area (Å²) >= 11 is 0. The van der Waals surface area contributed by atoms with Crippen molar-refractivity contribution in [3.8, 4) is 5.75 Å². The summed E-state index contributed by atoms with van der Waals surface area (Å²) in [6.45, 7) is 3.61. The van der Waals surface area contributed by atoms with Gasteiger partial charge in [-0.05, 0) is 38.4 Å². The largest absolute Gasteiger partial charge is 0.479 e. The van der Waals surface area contributed by atoms with E-state index in [4.69, 9.17) is 4.74 Å². The second-order valence-corrected chi connectivity index (χ2v) is 4.97. The minimum Gasteiger partial charge on any atom is -0.479 e. The predicted molar refractivity (Wildman–Crippen MR) is 69.9 cm³/mol. The van der Waals surface area contributed by atoms with Crippen LogP contribution < -0.4 is 15.0 Å². The molecular formula is C14H18N2O2. The quantitative estimate of drug-likeness (QED) is 0.861. The molecule has 2 aliphatic rings. The highest BCUT2D eigenvalue weighted by molar-refractivity contribution is 5.99. The molecule has 96 valence electrons. The van der Waals surface area contributed by atoms with Gasteiger partial charge >= 0.3 is 0 Å². The van der Waals surface area contributed by atoms with Gasteiger partial charge in [0.15, 0.2) is 6.10 Å². The maximum atomic E-state index is 12.2. The van der Waals surface area contributed by atoms with E-state index in [2.05, 4.69) is 5.32 Å². The van der Waals surface area contributed by atoms with Gasteiger partial charge < -0.3 is 15.0 Å². The van der Waals surface area contributed by atoms with E-state index in [0.717, 1.165) is 30.9 Å². The van der Waals surface area contributed by atoms with Gasteiger partial charge in [0.25, 0.3) is 5.91 Å². The number of carbonyl (C=O) groups excluding carboxylic acids is 1. The molecule has 0 radical (unpaired) electrons. The molecule has 0 aromatic heterocycles. The van der Waals surface area contributed by atoms with Gasteiger partial charge in [-0.2, -0.15) is 0 Å². The van der Waals surface area contributed by atoms with Crippen LogP contribution in [0.4, 0.5) is 5.69 Å². The first kappa shape index (κ1) is 11.5. The van der Waals surface area contributed by atoms with Crippen molar-refractivity contribution >= 4 is 11.6 Å². The average Bonchev–Trinajstić information content (AvgIpc) is 2.88. The fourth-order valence-electron chi connectivity index (χ4n) is 2.68. The fraction of sp³-hybridized carbons (Fsp3) is 0.500. The summed E-state index contributed by atoms with van der Waals surface area (Å²) in [5.41, 5.74) is 0.898. The lowest BCUT2D eigenvalue weighted by molar-refractivity contribution is -0.125. The molecule has 1 aromatic rings. The van der Waals surface area contributed by atoms with Crippen LogP contribution in [0.3, 0.4) is 0 Å². The molecule has 1 saturated heterocycles. The first-order valence-electron chi connectivity index (χ1n) is 6.56. The van der Waals surface area contributed by atoms with Crippen molar-refractivity contribution in [3.05, 3.63) is 24.3 Å². The summed E-state index contributed by atoms with van der Waals surface area (Å²) in [4.78, 5) is 14.1. The molecule has 0 saturated carbocycles. The van der Waals surface area contributed by atoms with E-state index in [0.29, 0.717) is 6.04 Å². The Balaban J connectivity index is 1.88. The lowest BCUT2D eigenvalue weighted by Gasteiger charge is -2.34. The Morgan fingerprint density at radius 3 is 3.06 bits per heavy atom. The van der Waals surface area contributed by atoms with Gasteiger partial charge in [-0.1, -0.05) is 12.1 Å². The predicted octanol–water partition coefficient (Wildman–Crippen LogP) is 1.55. The van der Waals surface area contributed by atoms with Gasteiger partial charge in [0.05, 0.1) is 5.69 Å². The van der Waals surface area contributed by atoms with Gasteiger partial charge in [0.2, 0.25) is 0 Å². The van der Waals surface area contributed by atoms with E-state index >= 15 is 0 Å². The molecule has 0 aliphatic carbocycles. The van der Waals surface area contributed by atoms with Crippen LogP contribution in [0.5, 0.6) is 5.75 Å². The Morgan fingerprint density at radius 1 is 1.44 bits per heavy atom. The van der Waals surface area contributed by atoms with Crippen LogP contribution in [-0.2, 0) is 4.79 Å². The molecule has 0 bridgehead atoms. The number of benzene rings is 1. The Bertz CT molecular complexity index is 455. The zero-order valence-corrected chi connectivity index (χ0v) is 10.6. The van der Waals surface area contributed by atoms with Crippen LogP contribution in [-0.4, -0.2) is 31.1 Å². The van der Waals surface area contributed by atoms with Crippen molar-refractivity contribution in [2.45, 2.75) is 31.9 Å². The number of amides is 1. The Hall–Kier alpha value is -1.55. The number of nitrogens with one attached hydrogen (secondary N) is 1. The number of carbonyl (C=O) groups is 1. The topological polar surface area (TPSA) is 41.6 Å². The van der Waals surface area contributed by atoms with Crippen molar-refractivity contribution < 1.29 is 9.53 Å². The van der Waals surface area contributed by atoms with Gasteiger partial charge in [0, 0.05) is 12.6 Å². The highest BCUT2D eigenvalue weighted by atomic mass is 16.5. The van der Waals surface area contributed by atoms with Crippen molar-refractivity contribution in [3.63, 3.8) is 0 Å². The lowest BCUT2D eigenvalue weighted by Crippen LogP contribution is -2.49. The molecule has 4 nitrogen and oxygen atoms in total. The Morgan fingerprint density at radius 2 is 2.28 bits per heavy atom. The number of rotatable bonds is 2. The first-order chi connectivity index (χ1) is 8.75. The van der Waals surface area contributed by atoms with E-state index in [1.165, 1.54) is 6.42 Å². The summed E-state index contributed by atoms with van der Waals surface area (Å²) in [5.74, 6) is 0.866. The highest BCUT2D eigenvalue weighted by Crippen LogP contribution is 2.33. The Kier molecular flexibility index (Phi) is 2.96. The number of para-hydroxylation sites is 2. The fourth-order valence-corrected chi connectivity index (χ4v) is 2.68. The third-order valence-electron chi connectivity index (χ3n) is 3.64. The van der Waals surface area contributed by atoms with Crippen LogP contribution in [0, 0.1) is 0 Å². The third-order valence-corrected chi connectivity index (χ3v) is 3.64. The zero-order valence-electron chi connectivity index (χ0n) is 10.6. The molecule has 2 heterocycles. The van der Waals surface area contributed by atoms with E-state index in [9.17, 15) is 4.79 Å². The van der Waals surface area contributed by atoms with Crippen LogP contribution in [0.1, 0.15) is 19.8 Å². The zero-order chi connectivity index (χ0) is 12.5. The van der Waals surface area contributed by atoms with Crippen LogP contribution in [0.2, 0.25) is 0 Å². The van der Waals surface area contributed by atoms with Crippen molar-refractivity contribution in [1.82, 2.24) is 5.32 Å². The van der Waals surface area contributed by atoms with Crippen LogP contribution >= 0.6 is 0 Å². The summed E-state index contributed by atoms with van der Waals surface area (Å²) in [5, 5.41) is 3.44. The minimum absolute atomic E-state index is 0.0578. The number of hydrogen-bond acceptors (Lipinski definition) is 3.